The van der Waals surface area contributed by atoms with Gasteiger partial charge in [0.15, 0.2) is 11.4 Å². The molecule has 0 N–H and O–H groups in total. The zero-order chi connectivity index (χ0) is 20.2. The van der Waals surface area contributed by atoms with Gasteiger partial charge in [-0.15, -0.1) is 0 Å². The molecule has 0 unspecified atom stereocenters. The van der Waals surface area contributed by atoms with E-state index in [9.17, 15) is 26.7 Å². The number of alkyl halides is 3. The Labute approximate surface area is 151 Å². The number of aromatic nitrogens is 2. The van der Waals surface area contributed by atoms with Gasteiger partial charge in [-0.05, 0) is 25.1 Å². The Bertz CT molecular complexity index is 839. The van der Waals surface area contributed by atoms with E-state index >= 15 is 0 Å². The second-order valence-corrected chi connectivity index (χ2v) is 5.22. The van der Waals surface area contributed by atoms with Gasteiger partial charge in [0.25, 0.3) is 0 Å². The van der Waals surface area contributed by atoms with Gasteiger partial charge in [-0.25, -0.2) is 13.6 Å². The summed E-state index contributed by atoms with van der Waals surface area (Å²) in [5, 5.41) is 3.36. The third-order valence-corrected chi connectivity index (χ3v) is 3.50. The average molecular weight is 390 g/mol. The molecule has 0 atom stereocenters. The summed E-state index contributed by atoms with van der Waals surface area (Å²) in [6.07, 6.45) is -3.06. The van der Waals surface area contributed by atoms with Crippen LogP contribution in [0.3, 0.4) is 0 Å². The molecule has 0 spiro atoms. The van der Waals surface area contributed by atoms with Crippen molar-refractivity contribution in [3.63, 3.8) is 0 Å². The molecule has 2 aromatic rings. The minimum Gasteiger partial charge on any atom is -0.501 e. The second-order valence-electron chi connectivity index (χ2n) is 5.22. The lowest BCUT2D eigenvalue weighted by atomic mass is 10.1. The molecule has 10 heteroatoms. The molecule has 0 aliphatic rings. The fourth-order valence-corrected chi connectivity index (χ4v) is 2.31. The monoisotopic (exact) mass is 390 g/mol. The van der Waals surface area contributed by atoms with Gasteiger partial charge in [-0.1, -0.05) is 6.07 Å². The molecule has 27 heavy (non-hydrogen) atoms. The van der Waals surface area contributed by atoms with Gasteiger partial charge in [-0.3, -0.25) is 4.68 Å². The minimum absolute atomic E-state index is 0.181. The van der Waals surface area contributed by atoms with Crippen LogP contribution in [0.1, 0.15) is 34.2 Å². The SMILES string of the molecule is CCO/C=C/c1c(C(F)(F)F)nn(Cc2c(F)cccc2F)c1C(=O)OC. The first kappa shape index (κ1) is 20.4. The average Bonchev–Trinajstić information content (AvgIpc) is 2.96. The van der Waals surface area contributed by atoms with Gasteiger partial charge in [0, 0.05) is 11.1 Å². The zero-order valence-electron chi connectivity index (χ0n) is 14.3. The largest absolute Gasteiger partial charge is 0.501 e. The van der Waals surface area contributed by atoms with Crippen molar-refractivity contribution in [1.82, 2.24) is 9.78 Å². The van der Waals surface area contributed by atoms with Crippen LogP contribution in [0.5, 0.6) is 0 Å². The van der Waals surface area contributed by atoms with Gasteiger partial charge in [0.05, 0.1) is 26.5 Å². The van der Waals surface area contributed by atoms with Crippen molar-refractivity contribution in [2.24, 2.45) is 0 Å². The van der Waals surface area contributed by atoms with Crippen LogP contribution in [-0.4, -0.2) is 29.5 Å². The van der Waals surface area contributed by atoms with Crippen LogP contribution in [-0.2, 0) is 22.2 Å². The number of ether oxygens (including phenoxy) is 2. The molecule has 2 rings (SSSR count). The van der Waals surface area contributed by atoms with Gasteiger partial charge >= 0.3 is 12.1 Å². The van der Waals surface area contributed by atoms with E-state index in [0.717, 1.165) is 37.6 Å². The molecule has 1 aromatic carbocycles. The smallest absolute Gasteiger partial charge is 0.435 e. The highest BCUT2D eigenvalue weighted by molar-refractivity contribution is 5.92. The maximum atomic E-state index is 13.9. The molecule has 1 aromatic heterocycles. The van der Waals surface area contributed by atoms with E-state index in [1.54, 1.807) is 6.92 Å². The fourth-order valence-electron chi connectivity index (χ4n) is 2.31. The van der Waals surface area contributed by atoms with Crippen LogP contribution in [0.15, 0.2) is 24.5 Å². The number of benzene rings is 1. The standard InChI is InChI=1S/C17H15F5N2O3/c1-3-27-8-7-10-14(16(25)26-2)24(23-15(10)17(20,21)22)9-11-12(18)5-4-6-13(11)19/h4-8H,3,9H2,1-2H3/b8-7+. The molecule has 0 amide bonds. The summed E-state index contributed by atoms with van der Waals surface area (Å²) < 4.78 is 77.8. The van der Waals surface area contributed by atoms with Crippen LogP contribution in [0, 0.1) is 11.6 Å². The summed E-state index contributed by atoms with van der Waals surface area (Å²) in [6, 6.07) is 3.00. The molecular weight excluding hydrogens is 375 g/mol. The lowest BCUT2D eigenvalue weighted by Crippen LogP contribution is -2.15. The van der Waals surface area contributed by atoms with Crippen molar-refractivity contribution < 1.29 is 36.2 Å². The molecule has 0 aliphatic heterocycles. The third kappa shape index (κ3) is 4.44. The number of hydrogen-bond donors (Lipinski definition) is 0. The maximum absolute atomic E-state index is 13.9. The van der Waals surface area contributed by atoms with E-state index in [0.29, 0.717) is 4.68 Å². The molecular formula is C17H15F5N2O3. The van der Waals surface area contributed by atoms with E-state index in [4.69, 9.17) is 4.74 Å². The van der Waals surface area contributed by atoms with E-state index in [2.05, 4.69) is 9.84 Å². The van der Waals surface area contributed by atoms with Gasteiger partial charge in [-0.2, -0.15) is 18.3 Å². The maximum Gasteiger partial charge on any atom is 0.435 e. The number of nitrogens with zero attached hydrogens (tertiary/aromatic N) is 2. The Hall–Kier alpha value is -2.91. The second kappa shape index (κ2) is 8.19. The van der Waals surface area contributed by atoms with Crippen LogP contribution in [0.25, 0.3) is 6.08 Å². The quantitative estimate of drug-likeness (QED) is 0.425. The molecule has 0 saturated carbocycles. The highest BCUT2D eigenvalue weighted by Crippen LogP contribution is 2.34. The Morgan fingerprint density at radius 2 is 1.89 bits per heavy atom. The summed E-state index contributed by atoms with van der Waals surface area (Å²) in [4.78, 5) is 12.1. The molecule has 146 valence electrons. The summed E-state index contributed by atoms with van der Waals surface area (Å²) in [5.74, 6) is -3.12. The molecule has 1 heterocycles. The first-order chi connectivity index (χ1) is 12.7. The molecule has 0 fully saturated rings. The van der Waals surface area contributed by atoms with E-state index in [1.165, 1.54) is 0 Å². The molecule has 0 bridgehead atoms. The molecule has 0 aliphatic carbocycles. The third-order valence-electron chi connectivity index (χ3n) is 3.50. The zero-order valence-corrected chi connectivity index (χ0v) is 14.3. The number of methoxy groups -OCH3 is 1. The minimum atomic E-state index is -4.92. The summed E-state index contributed by atoms with van der Waals surface area (Å²) in [7, 11) is 0.965. The van der Waals surface area contributed by atoms with Crippen LogP contribution in [0.4, 0.5) is 22.0 Å². The topological polar surface area (TPSA) is 53.4 Å². The molecule has 0 saturated heterocycles. The Balaban J connectivity index is 2.67. The Kier molecular flexibility index (Phi) is 6.19. The van der Waals surface area contributed by atoms with Crippen molar-refractivity contribution in [3.8, 4) is 0 Å². The Morgan fingerprint density at radius 1 is 1.26 bits per heavy atom. The molecule has 5 nitrogen and oxygen atoms in total. The number of esters is 1. The van der Waals surface area contributed by atoms with Crippen molar-refractivity contribution in [1.29, 1.82) is 0 Å². The Morgan fingerprint density at radius 3 is 2.41 bits per heavy atom. The lowest BCUT2D eigenvalue weighted by Gasteiger charge is -2.08. The fraction of sp³-hybridized carbons (Fsp3) is 0.294. The lowest BCUT2D eigenvalue weighted by molar-refractivity contribution is -0.141. The highest BCUT2D eigenvalue weighted by Gasteiger charge is 2.40. The number of carbonyl (C=O) groups excluding carboxylic acids is 1. The van der Waals surface area contributed by atoms with Crippen LogP contribution < -0.4 is 0 Å². The van der Waals surface area contributed by atoms with E-state index in [1.807, 2.05) is 0 Å². The number of halogens is 5. The number of rotatable bonds is 6. The number of carbonyl (C=O) groups is 1. The predicted molar refractivity (Wildman–Crippen MR) is 84.7 cm³/mol. The summed E-state index contributed by atoms with van der Waals surface area (Å²) in [5.41, 5.74) is -3.18. The van der Waals surface area contributed by atoms with Crippen molar-refractivity contribution in [2.45, 2.75) is 19.6 Å². The van der Waals surface area contributed by atoms with Crippen molar-refractivity contribution >= 4 is 12.0 Å². The summed E-state index contributed by atoms with van der Waals surface area (Å²) >= 11 is 0. The number of hydrogen-bond acceptors (Lipinski definition) is 4. The van der Waals surface area contributed by atoms with E-state index < -0.39 is 52.8 Å². The normalized spacial score (nSPS) is 11.8. The van der Waals surface area contributed by atoms with E-state index in [-0.39, 0.29) is 6.61 Å². The van der Waals surface area contributed by atoms with Crippen molar-refractivity contribution in [3.05, 3.63) is 58.6 Å². The predicted octanol–water partition coefficient (Wildman–Crippen LogP) is 4.02. The summed E-state index contributed by atoms with van der Waals surface area (Å²) in [6.45, 7) is 1.05. The van der Waals surface area contributed by atoms with Crippen LogP contribution >= 0.6 is 0 Å². The first-order valence-corrected chi connectivity index (χ1v) is 7.68. The van der Waals surface area contributed by atoms with Crippen molar-refractivity contribution in [2.75, 3.05) is 13.7 Å². The first-order valence-electron chi connectivity index (χ1n) is 7.68. The van der Waals surface area contributed by atoms with Gasteiger partial charge < -0.3 is 9.47 Å². The van der Waals surface area contributed by atoms with Crippen LogP contribution in [0.2, 0.25) is 0 Å². The van der Waals surface area contributed by atoms with Gasteiger partial charge in [0.2, 0.25) is 0 Å². The van der Waals surface area contributed by atoms with Gasteiger partial charge in [0.1, 0.15) is 11.6 Å². The molecule has 0 radical (unpaired) electrons. The highest BCUT2D eigenvalue weighted by atomic mass is 19.4.